The second kappa shape index (κ2) is 6.94. The molecule has 1 aromatic carbocycles. The molecule has 3 heterocycles. The first kappa shape index (κ1) is 17.2. The number of benzene rings is 1. The lowest BCUT2D eigenvalue weighted by molar-refractivity contribution is 0.0462. The van der Waals surface area contributed by atoms with Gasteiger partial charge in [-0.1, -0.05) is 6.42 Å². The number of thiophene rings is 1. The van der Waals surface area contributed by atoms with Crippen LogP contribution in [0.15, 0.2) is 18.2 Å². The summed E-state index contributed by atoms with van der Waals surface area (Å²) in [7, 11) is 0. The van der Waals surface area contributed by atoms with Crippen LogP contribution in [0.5, 0.6) is 11.5 Å². The van der Waals surface area contributed by atoms with Gasteiger partial charge in [-0.15, -0.1) is 11.3 Å². The van der Waals surface area contributed by atoms with Crippen LogP contribution in [0.2, 0.25) is 0 Å². The maximum atomic E-state index is 12.4. The zero-order chi connectivity index (χ0) is 19.1. The predicted molar refractivity (Wildman–Crippen MR) is 105 cm³/mol. The SMILES string of the molecule is Nc1nc(COC(=O)c2ccc3c(c2)OCO3)nc2sc3c(c12)CCCCC3. The molecular weight excluding hydrogens is 378 g/mol. The number of aromatic nitrogens is 2. The van der Waals surface area contributed by atoms with Crippen molar-refractivity contribution in [1.82, 2.24) is 9.97 Å². The highest BCUT2D eigenvalue weighted by Crippen LogP contribution is 2.37. The summed E-state index contributed by atoms with van der Waals surface area (Å²) in [6.45, 7) is 0.127. The fourth-order valence-electron chi connectivity index (χ4n) is 3.71. The monoisotopic (exact) mass is 397 g/mol. The summed E-state index contributed by atoms with van der Waals surface area (Å²) in [5.41, 5.74) is 7.93. The zero-order valence-corrected chi connectivity index (χ0v) is 16.0. The van der Waals surface area contributed by atoms with Gasteiger partial charge in [0.2, 0.25) is 6.79 Å². The van der Waals surface area contributed by atoms with Crippen LogP contribution in [0.25, 0.3) is 10.2 Å². The molecule has 144 valence electrons. The number of carbonyl (C=O) groups excluding carboxylic acids is 1. The maximum Gasteiger partial charge on any atom is 0.338 e. The van der Waals surface area contributed by atoms with E-state index >= 15 is 0 Å². The van der Waals surface area contributed by atoms with E-state index in [4.69, 9.17) is 19.9 Å². The molecule has 0 spiro atoms. The number of nitrogens with two attached hydrogens (primary N) is 1. The number of nitrogen functional groups attached to an aromatic ring is 1. The fourth-order valence-corrected chi connectivity index (χ4v) is 5.00. The molecule has 1 aliphatic heterocycles. The standard InChI is InChI=1S/C20H19N3O4S/c21-18-17-12-4-2-1-3-5-15(12)28-19(17)23-16(22-18)9-25-20(24)11-6-7-13-14(8-11)27-10-26-13/h6-8H,1-5,9-10H2,(H2,21,22,23). The second-order valence-corrected chi connectivity index (χ2v) is 8.00. The first-order valence-corrected chi connectivity index (χ1v) is 10.1. The van der Waals surface area contributed by atoms with Crippen molar-refractivity contribution in [2.75, 3.05) is 12.5 Å². The van der Waals surface area contributed by atoms with Gasteiger partial charge in [-0.25, -0.2) is 14.8 Å². The molecule has 0 amide bonds. The van der Waals surface area contributed by atoms with Crippen molar-refractivity contribution < 1.29 is 19.0 Å². The van der Waals surface area contributed by atoms with E-state index in [1.807, 2.05) is 0 Å². The summed E-state index contributed by atoms with van der Waals surface area (Å²) in [5, 5.41) is 0.979. The summed E-state index contributed by atoms with van der Waals surface area (Å²) >= 11 is 1.68. The highest BCUT2D eigenvalue weighted by atomic mass is 32.1. The Bertz CT molecular complexity index is 1080. The quantitative estimate of drug-likeness (QED) is 0.532. The molecule has 8 heteroatoms. The summed E-state index contributed by atoms with van der Waals surface area (Å²) in [4.78, 5) is 23.6. The van der Waals surface area contributed by atoms with Gasteiger partial charge in [0.05, 0.1) is 10.9 Å². The molecular formula is C20H19N3O4S. The maximum absolute atomic E-state index is 12.4. The van der Waals surface area contributed by atoms with Crippen LogP contribution in [-0.4, -0.2) is 22.7 Å². The number of carbonyl (C=O) groups is 1. The summed E-state index contributed by atoms with van der Waals surface area (Å²) in [5.74, 6) is 1.57. The van der Waals surface area contributed by atoms with Crippen molar-refractivity contribution in [3.05, 3.63) is 40.0 Å². The van der Waals surface area contributed by atoms with Crippen LogP contribution in [0.3, 0.4) is 0 Å². The minimum atomic E-state index is -0.470. The van der Waals surface area contributed by atoms with E-state index in [-0.39, 0.29) is 13.4 Å². The van der Waals surface area contributed by atoms with Gasteiger partial charge >= 0.3 is 5.97 Å². The van der Waals surface area contributed by atoms with E-state index in [1.165, 1.54) is 29.7 Å². The van der Waals surface area contributed by atoms with E-state index in [9.17, 15) is 4.79 Å². The Balaban J connectivity index is 1.36. The molecule has 0 saturated heterocycles. The number of anilines is 1. The predicted octanol–water partition coefficient (Wildman–Crippen LogP) is 3.63. The number of hydrogen-bond donors (Lipinski definition) is 1. The third kappa shape index (κ3) is 3.03. The van der Waals surface area contributed by atoms with Gasteiger partial charge in [-0.3, -0.25) is 0 Å². The van der Waals surface area contributed by atoms with Crippen LogP contribution in [0.1, 0.15) is 45.9 Å². The highest BCUT2D eigenvalue weighted by Gasteiger charge is 2.20. The Morgan fingerprint density at radius 3 is 2.93 bits per heavy atom. The fraction of sp³-hybridized carbons (Fsp3) is 0.350. The van der Waals surface area contributed by atoms with Crippen molar-refractivity contribution in [3.63, 3.8) is 0 Å². The Morgan fingerprint density at radius 2 is 2.00 bits per heavy atom. The lowest BCUT2D eigenvalue weighted by Crippen LogP contribution is -2.08. The first-order valence-electron chi connectivity index (χ1n) is 9.32. The molecule has 0 unspecified atom stereocenters. The van der Waals surface area contributed by atoms with Crippen molar-refractivity contribution in [2.24, 2.45) is 0 Å². The van der Waals surface area contributed by atoms with Crippen LogP contribution >= 0.6 is 11.3 Å². The third-order valence-electron chi connectivity index (χ3n) is 5.08. The van der Waals surface area contributed by atoms with E-state index in [1.54, 1.807) is 29.5 Å². The third-order valence-corrected chi connectivity index (χ3v) is 6.27. The smallest absolute Gasteiger partial charge is 0.338 e. The zero-order valence-electron chi connectivity index (χ0n) is 15.2. The lowest BCUT2D eigenvalue weighted by atomic mass is 10.1. The number of rotatable bonds is 3. The molecule has 2 aromatic heterocycles. The van der Waals surface area contributed by atoms with Gasteiger partial charge in [-0.2, -0.15) is 0 Å². The van der Waals surface area contributed by atoms with Crippen molar-refractivity contribution in [3.8, 4) is 11.5 Å². The largest absolute Gasteiger partial charge is 0.454 e. The molecule has 0 fully saturated rings. The molecule has 0 saturated carbocycles. The van der Waals surface area contributed by atoms with Gasteiger partial charge in [-0.05, 0) is 49.4 Å². The van der Waals surface area contributed by atoms with Gasteiger partial charge in [0, 0.05) is 4.88 Å². The molecule has 0 bridgehead atoms. The van der Waals surface area contributed by atoms with Gasteiger partial charge in [0.15, 0.2) is 23.9 Å². The molecule has 0 atom stereocenters. The average Bonchev–Trinajstić information content (AvgIpc) is 3.23. The molecule has 1 aliphatic carbocycles. The minimum absolute atomic E-state index is 0.0318. The van der Waals surface area contributed by atoms with Crippen molar-refractivity contribution in [1.29, 1.82) is 0 Å². The number of aryl methyl sites for hydroxylation is 2. The molecule has 7 nitrogen and oxygen atoms in total. The molecule has 0 radical (unpaired) electrons. The lowest BCUT2D eigenvalue weighted by Gasteiger charge is -2.07. The van der Waals surface area contributed by atoms with Crippen molar-refractivity contribution >= 4 is 33.3 Å². The second-order valence-electron chi connectivity index (χ2n) is 6.91. The van der Waals surface area contributed by atoms with Crippen LogP contribution in [0.4, 0.5) is 5.82 Å². The summed E-state index contributed by atoms with van der Waals surface area (Å²) in [6, 6.07) is 4.95. The van der Waals surface area contributed by atoms with Gasteiger partial charge in [0.1, 0.15) is 10.6 Å². The Kier molecular flexibility index (Phi) is 4.27. The molecule has 5 rings (SSSR count). The Hall–Kier alpha value is -2.87. The van der Waals surface area contributed by atoms with Crippen LogP contribution < -0.4 is 15.2 Å². The molecule has 28 heavy (non-hydrogen) atoms. The molecule has 2 aliphatic rings. The number of ether oxygens (including phenoxy) is 3. The normalized spacial score (nSPS) is 15.3. The number of hydrogen-bond acceptors (Lipinski definition) is 8. The molecule has 3 aromatic rings. The first-order chi connectivity index (χ1) is 13.7. The highest BCUT2D eigenvalue weighted by molar-refractivity contribution is 7.19. The van der Waals surface area contributed by atoms with Gasteiger partial charge < -0.3 is 19.9 Å². The van der Waals surface area contributed by atoms with Crippen molar-refractivity contribution in [2.45, 2.75) is 38.7 Å². The van der Waals surface area contributed by atoms with Gasteiger partial charge in [0.25, 0.3) is 0 Å². The molecule has 2 N–H and O–H groups in total. The van der Waals surface area contributed by atoms with E-state index in [0.717, 1.165) is 23.1 Å². The van der Waals surface area contributed by atoms with E-state index in [0.29, 0.717) is 28.7 Å². The van der Waals surface area contributed by atoms with E-state index < -0.39 is 5.97 Å². The topological polar surface area (TPSA) is 96.6 Å². The Labute approximate surface area is 165 Å². The summed E-state index contributed by atoms with van der Waals surface area (Å²) < 4.78 is 15.9. The number of esters is 1. The Morgan fingerprint density at radius 1 is 1.14 bits per heavy atom. The summed E-state index contributed by atoms with van der Waals surface area (Å²) in [6.07, 6.45) is 5.73. The number of nitrogens with zero attached hydrogens (tertiary/aromatic N) is 2. The van der Waals surface area contributed by atoms with E-state index in [2.05, 4.69) is 9.97 Å². The van der Waals surface area contributed by atoms with Crippen LogP contribution in [0, 0.1) is 0 Å². The average molecular weight is 397 g/mol. The van der Waals surface area contributed by atoms with Crippen LogP contribution in [-0.2, 0) is 24.2 Å². The minimum Gasteiger partial charge on any atom is -0.454 e. The number of fused-ring (bicyclic) bond motifs is 4.